The van der Waals surface area contributed by atoms with Crippen LogP contribution >= 0.6 is 11.6 Å². The zero-order valence-corrected chi connectivity index (χ0v) is 14.3. The van der Waals surface area contributed by atoms with E-state index in [-0.39, 0.29) is 0 Å². The van der Waals surface area contributed by atoms with Gasteiger partial charge < -0.3 is 15.1 Å². The second-order valence-corrected chi connectivity index (χ2v) is 5.49. The molecule has 5 heteroatoms. The van der Waals surface area contributed by atoms with Gasteiger partial charge in [0.25, 0.3) is 0 Å². The molecular weight excluding hydrogens is 284 g/mol. The monoisotopic (exact) mass is 310 g/mol. The first-order valence-corrected chi connectivity index (χ1v) is 7.87. The summed E-state index contributed by atoms with van der Waals surface area (Å²) >= 11 is 6.22. The van der Waals surface area contributed by atoms with E-state index in [1.54, 1.807) is 0 Å². The third-order valence-corrected chi connectivity index (χ3v) is 3.71. The molecule has 0 fully saturated rings. The zero-order valence-electron chi connectivity index (χ0n) is 13.6. The molecule has 1 rings (SSSR count). The van der Waals surface area contributed by atoms with Crippen molar-refractivity contribution in [2.24, 2.45) is 4.99 Å². The third kappa shape index (κ3) is 6.36. The summed E-state index contributed by atoms with van der Waals surface area (Å²) in [7, 11) is 4.14. The molecule has 0 heterocycles. The van der Waals surface area contributed by atoms with Crippen molar-refractivity contribution in [2.75, 3.05) is 40.3 Å². The van der Waals surface area contributed by atoms with Crippen LogP contribution in [0.3, 0.4) is 0 Å². The van der Waals surface area contributed by atoms with E-state index in [9.17, 15) is 0 Å². The molecule has 1 N–H and O–H groups in total. The molecule has 0 aliphatic rings. The van der Waals surface area contributed by atoms with Gasteiger partial charge in [-0.05, 0) is 32.1 Å². The number of nitrogens with one attached hydrogen (secondary N) is 1. The molecule has 0 saturated carbocycles. The van der Waals surface area contributed by atoms with Gasteiger partial charge >= 0.3 is 0 Å². The second-order valence-electron chi connectivity index (χ2n) is 5.08. The number of benzene rings is 1. The van der Waals surface area contributed by atoms with Gasteiger partial charge in [0.05, 0.1) is 6.54 Å². The summed E-state index contributed by atoms with van der Waals surface area (Å²) in [5.41, 5.74) is 1.11. The number of rotatable bonds is 7. The number of hydrogen-bond donors (Lipinski definition) is 1. The van der Waals surface area contributed by atoms with E-state index in [0.717, 1.165) is 49.3 Å². The van der Waals surface area contributed by atoms with Crippen LogP contribution in [0.4, 0.5) is 0 Å². The Hall–Kier alpha value is -1.26. The number of nitrogens with zero attached hydrogens (tertiary/aromatic N) is 3. The van der Waals surface area contributed by atoms with Crippen LogP contribution in [0, 0.1) is 0 Å². The largest absolute Gasteiger partial charge is 0.357 e. The predicted molar refractivity (Wildman–Crippen MR) is 92.1 cm³/mol. The van der Waals surface area contributed by atoms with Crippen LogP contribution in [-0.4, -0.2) is 56.0 Å². The van der Waals surface area contributed by atoms with Gasteiger partial charge in [0.15, 0.2) is 5.96 Å². The summed E-state index contributed by atoms with van der Waals surface area (Å²) in [5.74, 6) is 0.918. The van der Waals surface area contributed by atoms with Crippen molar-refractivity contribution in [1.29, 1.82) is 0 Å². The van der Waals surface area contributed by atoms with Crippen LogP contribution in [-0.2, 0) is 6.54 Å². The SMILES string of the molecule is CCNC(=NCCN(C)CC)N(C)Cc1ccccc1Cl. The lowest BCUT2D eigenvalue weighted by molar-refractivity contribution is 0.361. The summed E-state index contributed by atoms with van der Waals surface area (Å²) in [6.45, 7) is 8.63. The number of hydrogen-bond acceptors (Lipinski definition) is 2. The average molecular weight is 311 g/mol. The van der Waals surface area contributed by atoms with E-state index >= 15 is 0 Å². The summed E-state index contributed by atoms with van der Waals surface area (Å²) in [4.78, 5) is 9.03. The molecule has 0 amide bonds. The van der Waals surface area contributed by atoms with Crippen LogP contribution in [0.25, 0.3) is 0 Å². The molecule has 1 aromatic rings. The minimum Gasteiger partial charge on any atom is -0.357 e. The highest BCUT2D eigenvalue weighted by atomic mass is 35.5. The van der Waals surface area contributed by atoms with Crippen molar-refractivity contribution in [3.05, 3.63) is 34.9 Å². The second kappa shape index (κ2) is 9.64. The van der Waals surface area contributed by atoms with Crippen LogP contribution < -0.4 is 5.32 Å². The van der Waals surface area contributed by atoms with Gasteiger partial charge in [-0.15, -0.1) is 0 Å². The van der Waals surface area contributed by atoms with E-state index in [2.05, 4.69) is 41.0 Å². The average Bonchev–Trinajstić information content (AvgIpc) is 2.48. The Labute approximate surface area is 133 Å². The maximum atomic E-state index is 6.22. The maximum absolute atomic E-state index is 6.22. The lowest BCUT2D eigenvalue weighted by Crippen LogP contribution is -2.39. The standard InChI is InChI=1S/C16H27ClN4/c1-5-18-16(19-11-12-20(3)6-2)21(4)13-14-9-7-8-10-15(14)17/h7-10H,5-6,11-13H2,1-4H3,(H,18,19). The lowest BCUT2D eigenvalue weighted by atomic mass is 10.2. The fourth-order valence-electron chi connectivity index (χ4n) is 1.91. The van der Waals surface area contributed by atoms with E-state index in [1.165, 1.54) is 0 Å². The summed E-state index contributed by atoms with van der Waals surface area (Å²) < 4.78 is 0. The lowest BCUT2D eigenvalue weighted by Gasteiger charge is -2.23. The molecule has 1 aromatic carbocycles. The van der Waals surface area contributed by atoms with E-state index in [0.29, 0.717) is 0 Å². The van der Waals surface area contributed by atoms with Crippen LogP contribution in [0.5, 0.6) is 0 Å². The molecule has 118 valence electrons. The number of aliphatic imine (C=N–C) groups is 1. The van der Waals surface area contributed by atoms with E-state index in [1.807, 2.05) is 31.3 Å². The molecule has 0 spiro atoms. The fraction of sp³-hybridized carbons (Fsp3) is 0.562. The van der Waals surface area contributed by atoms with Crippen LogP contribution in [0.1, 0.15) is 19.4 Å². The van der Waals surface area contributed by atoms with Gasteiger partial charge in [-0.3, -0.25) is 4.99 Å². The van der Waals surface area contributed by atoms with Crippen molar-refractivity contribution in [2.45, 2.75) is 20.4 Å². The van der Waals surface area contributed by atoms with Crippen molar-refractivity contribution in [3.63, 3.8) is 0 Å². The molecule has 0 radical (unpaired) electrons. The highest BCUT2D eigenvalue weighted by Gasteiger charge is 2.08. The Morgan fingerprint density at radius 2 is 1.95 bits per heavy atom. The topological polar surface area (TPSA) is 30.9 Å². The Morgan fingerprint density at radius 1 is 1.24 bits per heavy atom. The fourth-order valence-corrected chi connectivity index (χ4v) is 2.11. The Balaban J connectivity index is 2.66. The normalized spacial score (nSPS) is 11.8. The molecule has 0 atom stereocenters. The molecule has 0 unspecified atom stereocenters. The maximum Gasteiger partial charge on any atom is 0.194 e. The molecule has 21 heavy (non-hydrogen) atoms. The van der Waals surface area contributed by atoms with Gasteiger partial charge in [0, 0.05) is 31.7 Å². The molecule has 0 bridgehead atoms. The molecule has 0 aliphatic carbocycles. The number of likely N-dealkylation sites (N-methyl/N-ethyl adjacent to an activating group) is 1. The minimum atomic E-state index is 0.745. The van der Waals surface area contributed by atoms with Gasteiger partial charge in [0.2, 0.25) is 0 Å². The Kier molecular flexibility index (Phi) is 8.16. The highest BCUT2D eigenvalue weighted by molar-refractivity contribution is 6.31. The number of guanidine groups is 1. The highest BCUT2D eigenvalue weighted by Crippen LogP contribution is 2.16. The van der Waals surface area contributed by atoms with Crippen molar-refractivity contribution in [1.82, 2.24) is 15.1 Å². The zero-order chi connectivity index (χ0) is 15.7. The summed E-state index contributed by atoms with van der Waals surface area (Å²) in [6, 6.07) is 7.93. The smallest absolute Gasteiger partial charge is 0.194 e. The van der Waals surface area contributed by atoms with Gasteiger partial charge in [-0.25, -0.2) is 0 Å². The molecule has 0 aliphatic heterocycles. The first kappa shape index (κ1) is 17.8. The molecular formula is C16H27ClN4. The van der Waals surface area contributed by atoms with Gasteiger partial charge in [-0.1, -0.05) is 36.7 Å². The Bertz CT molecular complexity index is 448. The molecule has 0 saturated heterocycles. The minimum absolute atomic E-state index is 0.745. The predicted octanol–water partition coefficient (Wildman–Crippen LogP) is 2.69. The van der Waals surface area contributed by atoms with Crippen LogP contribution in [0.15, 0.2) is 29.3 Å². The van der Waals surface area contributed by atoms with Gasteiger partial charge in [0.1, 0.15) is 0 Å². The van der Waals surface area contributed by atoms with Crippen LogP contribution in [0.2, 0.25) is 5.02 Å². The number of halogens is 1. The van der Waals surface area contributed by atoms with E-state index < -0.39 is 0 Å². The third-order valence-electron chi connectivity index (χ3n) is 3.34. The summed E-state index contributed by atoms with van der Waals surface area (Å²) in [6.07, 6.45) is 0. The quantitative estimate of drug-likeness (QED) is 0.620. The van der Waals surface area contributed by atoms with Gasteiger partial charge in [-0.2, -0.15) is 0 Å². The first-order chi connectivity index (χ1) is 10.1. The molecule has 4 nitrogen and oxygen atoms in total. The molecule has 0 aromatic heterocycles. The van der Waals surface area contributed by atoms with E-state index in [4.69, 9.17) is 11.6 Å². The summed E-state index contributed by atoms with van der Waals surface area (Å²) in [5, 5.41) is 4.13. The van der Waals surface area contributed by atoms with Crippen molar-refractivity contribution >= 4 is 17.6 Å². The first-order valence-electron chi connectivity index (χ1n) is 7.49. The Morgan fingerprint density at radius 3 is 2.57 bits per heavy atom. The van der Waals surface area contributed by atoms with Crippen molar-refractivity contribution in [3.8, 4) is 0 Å². The van der Waals surface area contributed by atoms with Crippen molar-refractivity contribution < 1.29 is 0 Å².